The molecule has 0 unspecified atom stereocenters. The molecule has 1 aromatic heterocycles. The lowest BCUT2D eigenvalue weighted by Crippen LogP contribution is -2.51. The van der Waals surface area contributed by atoms with Crippen molar-refractivity contribution in [3.63, 3.8) is 0 Å². The maximum atomic E-state index is 12.8. The molecule has 28 heavy (non-hydrogen) atoms. The molecular weight excluding hydrogens is 346 g/mol. The number of nitrogens with one attached hydrogen (secondary N) is 1. The molecule has 0 bridgehead atoms. The van der Waals surface area contributed by atoms with E-state index in [9.17, 15) is 4.79 Å². The molecule has 2 aliphatic heterocycles. The molecule has 1 amide bonds. The second kappa shape index (κ2) is 6.26. The van der Waals surface area contributed by atoms with Crippen LogP contribution in [0.3, 0.4) is 0 Å². The SMILES string of the molecule is Cc1ccc2c(c1C)-n1cccc1C1(CCN(C(=O)c3ccccc3)CC1)N2. The number of anilines is 1. The number of rotatable bonds is 1. The van der Waals surface area contributed by atoms with Crippen molar-refractivity contribution < 1.29 is 4.79 Å². The van der Waals surface area contributed by atoms with Gasteiger partial charge in [0.1, 0.15) is 0 Å². The van der Waals surface area contributed by atoms with Crippen LogP contribution in [-0.4, -0.2) is 28.5 Å². The minimum atomic E-state index is -0.119. The van der Waals surface area contributed by atoms with E-state index in [-0.39, 0.29) is 11.4 Å². The molecule has 5 rings (SSSR count). The number of fused-ring (bicyclic) bond motifs is 4. The zero-order valence-corrected chi connectivity index (χ0v) is 16.4. The van der Waals surface area contributed by atoms with Crippen LogP contribution >= 0.6 is 0 Å². The zero-order chi connectivity index (χ0) is 19.3. The predicted octanol–water partition coefficient (Wildman–Crippen LogP) is 4.65. The summed E-state index contributed by atoms with van der Waals surface area (Å²) in [5, 5.41) is 3.86. The lowest BCUT2D eigenvalue weighted by Gasteiger charge is -2.46. The molecule has 0 aliphatic carbocycles. The zero-order valence-electron chi connectivity index (χ0n) is 16.4. The lowest BCUT2D eigenvalue weighted by molar-refractivity contribution is 0.0676. The second-order valence-corrected chi connectivity index (χ2v) is 8.03. The van der Waals surface area contributed by atoms with Gasteiger partial charge in [0.2, 0.25) is 0 Å². The van der Waals surface area contributed by atoms with Gasteiger partial charge >= 0.3 is 0 Å². The van der Waals surface area contributed by atoms with Gasteiger partial charge in [-0.05, 0) is 68.1 Å². The number of likely N-dealkylation sites (tertiary alicyclic amines) is 1. The molecule has 142 valence electrons. The fourth-order valence-corrected chi connectivity index (χ4v) is 4.74. The summed E-state index contributed by atoms with van der Waals surface area (Å²) in [6, 6.07) is 18.4. The third-order valence-electron chi connectivity index (χ3n) is 6.48. The van der Waals surface area contributed by atoms with Crippen molar-refractivity contribution in [1.29, 1.82) is 0 Å². The topological polar surface area (TPSA) is 37.3 Å². The molecule has 1 spiro atoms. The number of aromatic nitrogens is 1. The van der Waals surface area contributed by atoms with Crippen LogP contribution in [0.15, 0.2) is 60.8 Å². The van der Waals surface area contributed by atoms with Crippen molar-refractivity contribution in [1.82, 2.24) is 9.47 Å². The number of hydrogen-bond donors (Lipinski definition) is 1. The molecule has 3 aromatic rings. The van der Waals surface area contributed by atoms with Gasteiger partial charge in [-0.25, -0.2) is 0 Å². The van der Waals surface area contributed by atoms with E-state index in [0.29, 0.717) is 0 Å². The predicted molar refractivity (Wildman–Crippen MR) is 112 cm³/mol. The highest BCUT2D eigenvalue weighted by atomic mass is 16.2. The fourth-order valence-electron chi connectivity index (χ4n) is 4.74. The Kier molecular flexibility index (Phi) is 3.83. The second-order valence-electron chi connectivity index (χ2n) is 8.03. The number of carbonyl (C=O) groups excluding carboxylic acids is 1. The summed E-state index contributed by atoms with van der Waals surface area (Å²) in [4.78, 5) is 14.8. The number of carbonyl (C=O) groups is 1. The van der Waals surface area contributed by atoms with E-state index in [4.69, 9.17) is 0 Å². The van der Waals surface area contributed by atoms with Crippen LogP contribution in [-0.2, 0) is 5.54 Å². The van der Waals surface area contributed by atoms with Crippen molar-refractivity contribution in [2.45, 2.75) is 32.2 Å². The quantitative estimate of drug-likeness (QED) is 0.676. The first-order valence-electron chi connectivity index (χ1n) is 10.00. The van der Waals surface area contributed by atoms with Crippen LogP contribution in [0.5, 0.6) is 0 Å². The Morgan fingerprint density at radius 3 is 2.46 bits per heavy atom. The Morgan fingerprint density at radius 2 is 1.71 bits per heavy atom. The Balaban J connectivity index is 1.45. The number of hydrogen-bond acceptors (Lipinski definition) is 2. The van der Waals surface area contributed by atoms with Gasteiger partial charge in [-0.1, -0.05) is 24.3 Å². The Labute approximate surface area is 165 Å². The van der Waals surface area contributed by atoms with E-state index >= 15 is 0 Å². The van der Waals surface area contributed by atoms with E-state index in [1.807, 2.05) is 35.2 Å². The largest absolute Gasteiger partial charge is 0.372 e. The summed E-state index contributed by atoms with van der Waals surface area (Å²) in [5.74, 6) is 0.133. The molecule has 1 saturated heterocycles. The first-order chi connectivity index (χ1) is 13.6. The number of benzene rings is 2. The Hall–Kier alpha value is -3.01. The maximum absolute atomic E-state index is 12.8. The fraction of sp³-hybridized carbons (Fsp3) is 0.292. The van der Waals surface area contributed by atoms with Crippen molar-refractivity contribution >= 4 is 11.6 Å². The van der Waals surface area contributed by atoms with E-state index in [0.717, 1.165) is 31.5 Å². The molecule has 3 heterocycles. The van der Waals surface area contributed by atoms with E-state index in [1.165, 1.54) is 28.2 Å². The average Bonchev–Trinajstić information content (AvgIpc) is 3.22. The maximum Gasteiger partial charge on any atom is 0.253 e. The lowest BCUT2D eigenvalue weighted by atomic mass is 9.81. The monoisotopic (exact) mass is 371 g/mol. The minimum absolute atomic E-state index is 0.119. The summed E-state index contributed by atoms with van der Waals surface area (Å²) in [6.45, 7) is 5.87. The average molecular weight is 371 g/mol. The molecule has 0 saturated carbocycles. The van der Waals surface area contributed by atoms with Crippen LogP contribution in [0.4, 0.5) is 5.69 Å². The van der Waals surface area contributed by atoms with Crippen molar-refractivity contribution in [3.8, 4) is 5.69 Å². The Morgan fingerprint density at radius 1 is 0.964 bits per heavy atom. The third kappa shape index (κ3) is 2.48. The van der Waals surface area contributed by atoms with Crippen LogP contribution in [0, 0.1) is 13.8 Å². The van der Waals surface area contributed by atoms with Gasteiger partial charge in [-0.2, -0.15) is 0 Å². The molecule has 2 aliphatic rings. The van der Waals surface area contributed by atoms with Gasteiger partial charge in [0.05, 0.1) is 16.9 Å². The van der Waals surface area contributed by atoms with Gasteiger partial charge in [-0.15, -0.1) is 0 Å². The highest BCUT2D eigenvalue weighted by Gasteiger charge is 2.42. The van der Waals surface area contributed by atoms with E-state index in [1.54, 1.807) is 0 Å². The molecule has 2 aromatic carbocycles. The van der Waals surface area contributed by atoms with Crippen molar-refractivity contribution in [2.75, 3.05) is 18.4 Å². The van der Waals surface area contributed by atoms with Gasteiger partial charge in [0, 0.05) is 30.5 Å². The number of piperidine rings is 1. The van der Waals surface area contributed by atoms with Crippen LogP contribution in [0.2, 0.25) is 0 Å². The first-order valence-corrected chi connectivity index (χ1v) is 10.00. The minimum Gasteiger partial charge on any atom is -0.372 e. The summed E-state index contributed by atoms with van der Waals surface area (Å²) >= 11 is 0. The standard InChI is InChI=1S/C24H25N3O/c1-17-10-11-20-22(18(17)2)27-14-6-9-21(27)24(25-20)12-15-26(16-13-24)23(28)19-7-4-3-5-8-19/h3-11,14,25H,12-13,15-16H2,1-2H3. The van der Waals surface area contributed by atoms with Crippen LogP contribution in [0.25, 0.3) is 5.69 Å². The van der Waals surface area contributed by atoms with Gasteiger partial charge in [-0.3, -0.25) is 4.79 Å². The molecular formula is C24H25N3O. The highest BCUT2D eigenvalue weighted by molar-refractivity contribution is 5.94. The summed E-state index contributed by atoms with van der Waals surface area (Å²) in [5.41, 5.74) is 7.03. The first kappa shape index (κ1) is 17.1. The van der Waals surface area contributed by atoms with Gasteiger partial charge in [0.15, 0.2) is 0 Å². The molecule has 4 heteroatoms. The van der Waals surface area contributed by atoms with Crippen LogP contribution in [0.1, 0.15) is 40.0 Å². The van der Waals surface area contributed by atoms with E-state index in [2.05, 4.69) is 54.2 Å². The number of aryl methyl sites for hydroxylation is 1. The summed E-state index contributed by atoms with van der Waals surface area (Å²) in [6.07, 6.45) is 3.98. The molecule has 4 nitrogen and oxygen atoms in total. The van der Waals surface area contributed by atoms with Crippen molar-refractivity contribution in [2.24, 2.45) is 0 Å². The third-order valence-corrected chi connectivity index (χ3v) is 6.48. The van der Waals surface area contributed by atoms with Crippen LogP contribution < -0.4 is 5.32 Å². The molecule has 1 fully saturated rings. The van der Waals surface area contributed by atoms with Gasteiger partial charge < -0.3 is 14.8 Å². The van der Waals surface area contributed by atoms with Crippen molar-refractivity contribution in [3.05, 3.63) is 83.2 Å². The molecule has 0 radical (unpaired) electrons. The van der Waals surface area contributed by atoms with Gasteiger partial charge in [0.25, 0.3) is 5.91 Å². The normalized spacial score (nSPS) is 17.0. The number of nitrogens with zero attached hydrogens (tertiary/aromatic N) is 2. The summed E-state index contributed by atoms with van der Waals surface area (Å²) in [7, 11) is 0. The highest BCUT2D eigenvalue weighted by Crippen LogP contribution is 2.44. The molecule has 1 N–H and O–H groups in total. The number of amides is 1. The molecule has 0 atom stereocenters. The Bertz CT molecular complexity index is 1040. The van der Waals surface area contributed by atoms with E-state index < -0.39 is 0 Å². The summed E-state index contributed by atoms with van der Waals surface area (Å²) < 4.78 is 2.35. The smallest absolute Gasteiger partial charge is 0.253 e.